The Labute approximate surface area is 112 Å². The molecule has 0 aliphatic heterocycles. The number of carbonyl (C=O) groups is 1. The molecule has 2 rings (SSSR count). The number of rotatable bonds is 4. The average molecular weight is 260 g/mol. The molecule has 1 atom stereocenters. The number of carbonyl (C=O) groups excluding carboxylic acids is 1. The van der Waals surface area contributed by atoms with Crippen LogP contribution in [0.1, 0.15) is 36.9 Å². The molecule has 1 heterocycles. The molecule has 19 heavy (non-hydrogen) atoms. The summed E-state index contributed by atoms with van der Waals surface area (Å²) in [5.41, 5.74) is 6.76. The molecule has 0 bridgehead atoms. The minimum Gasteiger partial charge on any atom is -0.328 e. The first-order valence-corrected chi connectivity index (χ1v) is 6.46. The van der Waals surface area contributed by atoms with Gasteiger partial charge in [-0.05, 0) is 50.5 Å². The van der Waals surface area contributed by atoms with Gasteiger partial charge in [0, 0.05) is 12.5 Å². The van der Waals surface area contributed by atoms with Crippen LogP contribution in [0.25, 0.3) is 11.0 Å². The Balaban J connectivity index is 2.25. The highest BCUT2D eigenvalue weighted by molar-refractivity contribution is 5.77. The van der Waals surface area contributed by atoms with Crippen molar-refractivity contribution in [3.8, 4) is 0 Å². The fourth-order valence-electron chi connectivity index (χ4n) is 2.18. The van der Waals surface area contributed by atoms with Gasteiger partial charge in [-0.2, -0.15) is 0 Å². The van der Waals surface area contributed by atoms with Crippen molar-refractivity contribution in [3.63, 3.8) is 0 Å². The summed E-state index contributed by atoms with van der Waals surface area (Å²) in [6, 6.07) is 4.46. The molecule has 1 unspecified atom stereocenters. The van der Waals surface area contributed by atoms with Gasteiger partial charge in [-0.25, -0.2) is 10.8 Å². The van der Waals surface area contributed by atoms with Crippen LogP contribution in [0.3, 0.4) is 0 Å². The predicted octanol–water partition coefficient (Wildman–Crippen LogP) is 1.98. The van der Waals surface area contributed by atoms with E-state index in [0.717, 1.165) is 17.5 Å². The van der Waals surface area contributed by atoms with Gasteiger partial charge < -0.3 is 4.57 Å². The van der Waals surface area contributed by atoms with Crippen molar-refractivity contribution in [2.24, 2.45) is 5.84 Å². The number of benzene rings is 1. The molecule has 2 aromatic rings. The van der Waals surface area contributed by atoms with E-state index in [1.807, 2.05) is 6.33 Å². The Morgan fingerprint density at radius 3 is 2.79 bits per heavy atom. The van der Waals surface area contributed by atoms with Gasteiger partial charge in [-0.3, -0.25) is 10.2 Å². The summed E-state index contributed by atoms with van der Waals surface area (Å²) in [4.78, 5) is 15.6. The number of hydrogen-bond donors (Lipinski definition) is 2. The van der Waals surface area contributed by atoms with Crippen molar-refractivity contribution in [1.82, 2.24) is 15.0 Å². The van der Waals surface area contributed by atoms with E-state index < -0.39 is 0 Å². The number of nitrogens with two attached hydrogens (primary N) is 1. The van der Waals surface area contributed by atoms with E-state index in [0.29, 0.717) is 6.42 Å². The second-order valence-corrected chi connectivity index (χ2v) is 5.03. The van der Waals surface area contributed by atoms with Crippen LogP contribution in [0.2, 0.25) is 0 Å². The molecule has 1 aromatic carbocycles. The summed E-state index contributed by atoms with van der Waals surface area (Å²) in [6.07, 6.45) is 3.00. The first-order valence-electron chi connectivity index (χ1n) is 6.46. The minimum absolute atomic E-state index is 0.136. The average Bonchev–Trinajstić information content (AvgIpc) is 2.79. The third kappa shape index (κ3) is 2.76. The molecule has 1 aromatic heterocycles. The van der Waals surface area contributed by atoms with Crippen LogP contribution in [-0.2, 0) is 4.79 Å². The lowest BCUT2D eigenvalue weighted by Gasteiger charge is -2.14. The van der Waals surface area contributed by atoms with Crippen LogP contribution in [0.5, 0.6) is 0 Å². The maximum Gasteiger partial charge on any atom is 0.233 e. The molecule has 0 saturated heterocycles. The summed E-state index contributed by atoms with van der Waals surface area (Å²) in [7, 11) is 0. The van der Waals surface area contributed by atoms with Crippen LogP contribution in [0.4, 0.5) is 0 Å². The van der Waals surface area contributed by atoms with Crippen molar-refractivity contribution < 1.29 is 4.79 Å². The van der Waals surface area contributed by atoms with Gasteiger partial charge in [0.15, 0.2) is 0 Å². The number of aromatic nitrogens is 2. The second kappa shape index (κ2) is 5.40. The topological polar surface area (TPSA) is 72.9 Å². The molecular formula is C14H20N4O. The van der Waals surface area contributed by atoms with Crippen LogP contribution in [0, 0.1) is 13.8 Å². The number of hydrogen-bond acceptors (Lipinski definition) is 3. The molecule has 0 aliphatic carbocycles. The van der Waals surface area contributed by atoms with Crippen LogP contribution in [-0.4, -0.2) is 15.5 Å². The van der Waals surface area contributed by atoms with Gasteiger partial charge in [0.25, 0.3) is 0 Å². The molecular weight excluding hydrogens is 240 g/mol. The first kappa shape index (κ1) is 13.5. The molecule has 0 radical (unpaired) electrons. The van der Waals surface area contributed by atoms with E-state index in [1.54, 1.807) is 0 Å². The zero-order chi connectivity index (χ0) is 14.0. The third-order valence-corrected chi connectivity index (χ3v) is 3.62. The molecule has 0 aliphatic rings. The normalized spacial score (nSPS) is 12.6. The monoisotopic (exact) mass is 260 g/mol. The highest BCUT2D eigenvalue weighted by Crippen LogP contribution is 2.23. The van der Waals surface area contributed by atoms with Gasteiger partial charge >= 0.3 is 0 Å². The summed E-state index contributed by atoms with van der Waals surface area (Å²) in [6.45, 7) is 6.27. The molecule has 102 valence electrons. The lowest BCUT2D eigenvalue weighted by molar-refractivity contribution is -0.121. The number of fused-ring (bicyclic) bond motifs is 1. The molecule has 5 heteroatoms. The van der Waals surface area contributed by atoms with Gasteiger partial charge in [0.1, 0.15) is 0 Å². The van der Waals surface area contributed by atoms with E-state index in [1.165, 1.54) is 11.1 Å². The molecule has 0 saturated carbocycles. The maximum absolute atomic E-state index is 11.2. The minimum atomic E-state index is -0.136. The Kier molecular flexibility index (Phi) is 3.85. The highest BCUT2D eigenvalue weighted by Gasteiger charge is 2.12. The van der Waals surface area contributed by atoms with E-state index in [-0.39, 0.29) is 11.9 Å². The summed E-state index contributed by atoms with van der Waals surface area (Å²) in [5, 5.41) is 0. The Morgan fingerprint density at radius 2 is 2.11 bits per heavy atom. The quantitative estimate of drug-likeness (QED) is 0.501. The predicted molar refractivity (Wildman–Crippen MR) is 75.5 cm³/mol. The molecule has 0 spiro atoms. The van der Waals surface area contributed by atoms with Gasteiger partial charge in [-0.15, -0.1) is 0 Å². The van der Waals surface area contributed by atoms with Crippen molar-refractivity contribution in [1.29, 1.82) is 0 Å². The Morgan fingerprint density at radius 1 is 1.42 bits per heavy atom. The summed E-state index contributed by atoms with van der Waals surface area (Å²) in [5.74, 6) is 4.95. The molecule has 3 N–H and O–H groups in total. The van der Waals surface area contributed by atoms with Gasteiger partial charge in [0.2, 0.25) is 5.91 Å². The molecule has 5 nitrogen and oxygen atoms in total. The van der Waals surface area contributed by atoms with Crippen molar-refractivity contribution in [2.45, 2.75) is 39.7 Å². The standard InChI is InChI=1S/C14H20N4O/c1-9-6-12-13(7-10(9)2)18(8-16-12)11(3)4-5-14(19)17-15/h6-8,11H,4-5,15H2,1-3H3,(H,17,19). The van der Waals surface area contributed by atoms with E-state index in [2.05, 4.69) is 47.9 Å². The van der Waals surface area contributed by atoms with Gasteiger partial charge in [0.05, 0.1) is 17.4 Å². The lowest BCUT2D eigenvalue weighted by Crippen LogP contribution is -2.30. The Hall–Kier alpha value is -1.88. The zero-order valence-electron chi connectivity index (χ0n) is 11.6. The molecule has 1 amide bonds. The number of nitrogens with zero attached hydrogens (tertiary/aromatic N) is 2. The van der Waals surface area contributed by atoms with Crippen LogP contribution < -0.4 is 11.3 Å². The number of hydrazine groups is 1. The lowest BCUT2D eigenvalue weighted by atomic mass is 10.1. The van der Waals surface area contributed by atoms with Crippen LogP contribution in [0.15, 0.2) is 18.5 Å². The van der Waals surface area contributed by atoms with E-state index >= 15 is 0 Å². The fraction of sp³-hybridized carbons (Fsp3) is 0.429. The SMILES string of the molecule is Cc1cc2ncn(C(C)CCC(=O)NN)c2cc1C. The van der Waals surface area contributed by atoms with Crippen molar-refractivity contribution in [3.05, 3.63) is 29.6 Å². The first-order chi connectivity index (χ1) is 9.02. The largest absolute Gasteiger partial charge is 0.328 e. The number of aryl methyl sites for hydroxylation is 2. The number of imidazole rings is 1. The van der Waals surface area contributed by atoms with Crippen molar-refractivity contribution >= 4 is 16.9 Å². The smallest absolute Gasteiger partial charge is 0.233 e. The maximum atomic E-state index is 11.2. The van der Waals surface area contributed by atoms with Gasteiger partial charge in [-0.1, -0.05) is 0 Å². The van der Waals surface area contributed by atoms with Crippen LogP contribution >= 0.6 is 0 Å². The summed E-state index contributed by atoms with van der Waals surface area (Å²) < 4.78 is 2.12. The summed E-state index contributed by atoms with van der Waals surface area (Å²) >= 11 is 0. The Bertz CT molecular complexity index is 603. The highest BCUT2D eigenvalue weighted by atomic mass is 16.2. The number of amides is 1. The zero-order valence-corrected chi connectivity index (χ0v) is 11.6. The van der Waals surface area contributed by atoms with Crippen molar-refractivity contribution in [2.75, 3.05) is 0 Å². The molecule has 0 fully saturated rings. The third-order valence-electron chi connectivity index (χ3n) is 3.62. The fourth-order valence-corrected chi connectivity index (χ4v) is 2.18. The number of nitrogens with one attached hydrogen (secondary N) is 1. The van der Waals surface area contributed by atoms with E-state index in [9.17, 15) is 4.79 Å². The van der Waals surface area contributed by atoms with E-state index in [4.69, 9.17) is 5.84 Å². The second-order valence-electron chi connectivity index (χ2n) is 5.03.